The van der Waals surface area contributed by atoms with Crippen molar-refractivity contribution in [3.8, 4) is 11.5 Å². The molecule has 1 aliphatic carbocycles. The van der Waals surface area contributed by atoms with Gasteiger partial charge in [0.2, 0.25) is 0 Å². The molecule has 0 bridgehead atoms. The van der Waals surface area contributed by atoms with E-state index in [-0.39, 0.29) is 0 Å². The van der Waals surface area contributed by atoms with E-state index in [1.54, 1.807) is 18.9 Å². The molecule has 2 aromatic carbocycles. The lowest BCUT2D eigenvalue weighted by Gasteiger charge is -2.30. The lowest BCUT2D eigenvalue weighted by molar-refractivity contribution is 0.299. The fourth-order valence-electron chi connectivity index (χ4n) is 4.18. The molecule has 31 heavy (non-hydrogen) atoms. The van der Waals surface area contributed by atoms with Crippen LogP contribution in [0.25, 0.3) is 0 Å². The van der Waals surface area contributed by atoms with E-state index in [4.69, 9.17) is 14.0 Å². The Morgan fingerprint density at radius 3 is 2.81 bits per heavy atom. The molecule has 0 amide bonds. The van der Waals surface area contributed by atoms with Gasteiger partial charge in [0.15, 0.2) is 0 Å². The predicted octanol–water partition coefficient (Wildman–Crippen LogP) is 4.24. The molecule has 0 saturated heterocycles. The molecule has 4 rings (SSSR count). The molecule has 0 radical (unpaired) electrons. The lowest BCUT2D eigenvalue weighted by atomic mass is 9.82. The van der Waals surface area contributed by atoms with Crippen molar-refractivity contribution in [2.24, 2.45) is 0 Å². The number of methoxy groups -OCH3 is 1. The average Bonchev–Trinajstić information content (AvgIpc) is 3.19. The van der Waals surface area contributed by atoms with Crippen LogP contribution >= 0.6 is 11.8 Å². The molecule has 170 valence electrons. The highest BCUT2D eigenvalue weighted by Crippen LogP contribution is 2.38. The number of nitrogens with zero attached hydrogens (tertiary/aromatic N) is 1. The quantitative estimate of drug-likeness (QED) is 0.640. The summed E-state index contributed by atoms with van der Waals surface area (Å²) in [5.74, 6) is 3.47. The Morgan fingerprint density at radius 2 is 2.06 bits per heavy atom. The van der Waals surface area contributed by atoms with Crippen molar-refractivity contribution in [2.45, 2.75) is 36.5 Å². The zero-order chi connectivity index (χ0) is 22.4. The predicted molar refractivity (Wildman–Crippen MR) is 125 cm³/mol. The van der Waals surface area contributed by atoms with Crippen molar-refractivity contribution in [1.82, 2.24) is 4.90 Å². The number of hydrogen-bond donors (Lipinski definition) is 1. The van der Waals surface area contributed by atoms with Gasteiger partial charge in [-0.1, -0.05) is 30.0 Å². The minimum absolute atomic E-state index is 0.614. The van der Waals surface area contributed by atoms with Crippen LogP contribution in [-0.4, -0.2) is 57.3 Å². The second kappa shape index (κ2) is 10.7. The van der Waals surface area contributed by atoms with Gasteiger partial charge >= 0.3 is 0 Å². The van der Waals surface area contributed by atoms with Crippen LogP contribution in [0.4, 0.5) is 0 Å². The molecular weight excluding hydrogens is 434 g/mol. The van der Waals surface area contributed by atoms with E-state index in [2.05, 4.69) is 48.3 Å². The first-order valence-corrected chi connectivity index (χ1v) is 13.2. The van der Waals surface area contributed by atoms with E-state index < -0.39 is 10.1 Å². The first-order valence-electron chi connectivity index (χ1n) is 10.4. The van der Waals surface area contributed by atoms with Crippen molar-refractivity contribution < 1.29 is 22.4 Å². The molecule has 1 heterocycles. The van der Waals surface area contributed by atoms with Crippen LogP contribution in [0.3, 0.4) is 0 Å². The summed E-state index contributed by atoms with van der Waals surface area (Å²) in [5.41, 5.74) is 4.32. The van der Waals surface area contributed by atoms with Gasteiger partial charge in [0.25, 0.3) is 10.1 Å². The van der Waals surface area contributed by atoms with Crippen molar-refractivity contribution in [1.29, 1.82) is 0 Å². The van der Waals surface area contributed by atoms with Crippen LogP contribution < -0.4 is 9.47 Å². The summed E-state index contributed by atoms with van der Waals surface area (Å²) in [7, 11) is 0.366. The van der Waals surface area contributed by atoms with Gasteiger partial charge in [-0.2, -0.15) is 8.42 Å². The smallest absolute Gasteiger partial charge is 0.261 e. The monoisotopic (exact) mass is 465 g/mol. The second-order valence-corrected chi connectivity index (χ2v) is 10.5. The van der Waals surface area contributed by atoms with Crippen molar-refractivity contribution in [3.63, 3.8) is 0 Å². The lowest BCUT2D eigenvalue weighted by Crippen LogP contribution is -2.28. The largest absolute Gasteiger partial charge is 0.496 e. The van der Waals surface area contributed by atoms with E-state index in [9.17, 15) is 8.42 Å². The maximum atomic E-state index is 9.19. The number of thioether (sulfide) groups is 1. The van der Waals surface area contributed by atoms with E-state index in [0.29, 0.717) is 12.2 Å². The third-order valence-corrected chi connectivity index (χ3v) is 6.43. The zero-order valence-electron chi connectivity index (χ0n) is 18.3. The molecule has 1 unspecified atom stereocenters. The number of hydrogen-bond acceptors (Lipinski definition) is 6. The third-order valence-electron chi connectivity index (χ3n) is 5.56. The average molecular weight is 466 g/mol. The van der Waals surface area contributed by atoms with Crippen molar-refractivity contribution in [3.05, 3.63) is 53.1 Å². The summed E-state index contributed by atoms with van der Waals surface area (Å²) in [6, 6.07) is 13.2. The van der Waals surface area contributed by atoms with E-state index in [0.717, 1.165) is 43.4 Å². The summed E-state index contributed by atoms with van der Waals surface area (Å²) in [6.07, 6.45) is 5.48. The molecule has 0 aromatic heterocycles. The van der Waals surface area contributed by atoms with Gasteiger partial charge in [-0.15, -0.1) is 0 Å². The van der Waals surface area contributed by atoms with Gasteiger partial charge in [0.05, 0.1) is 18.3 Å². The summed E-state index contributed by atoms with van der Waals surface area (Å²) < 4.78 is 37.0. The molecule has 1 aliphatic heterocycles. The van der Waals surface area contributed by atoms with Gasteiger partial charge in [0, 0.05) is 13.1 Å². The van der Waals surface area contributed by atoms with Crippen LogP contribution in [-0.2, 0) is 23.0 Å². The van der Waals surface area contributed by atoms with Gasteiger partial charge in [-0.25, -0.2) is 0 Å². The molecule has 1 atom stereocenters. The standard InChI is InChI=1S/C22H27NO2S.CH4O3S/c1-23(12-11-16-9-10-21-22(13-16)26-15-25-21)14-17-5-3-7-19-18(17)6-4-8-20(19)24-2;1-5(2,3)4/h4,6,8-10,13,17H,3,5,7,11-12,14-15H2,1-2H3;1H3,(H,2,3,4). The Kier molecular flexibility index (Phi) is 8.27. The highest BCUT2D eigenvalue weighted by atomic mass is 32.2. The van der Waals surface area contributed by atoms with Gasteiger partial charge < -0.3 is 14.4 Å². The molecular formula is C23H31NO5S2. The Bertz CT molecular complexity index is 985. The Hall–Kier alpha value is -1.74. The Labute approximate surface area is 189 Å². The summed E-state index contributed by atoms with van der Waals surface area (Å²) in [5, 5.41) is 0. The number of rotatable bonds is 6. The minimum Gasteiger partial charge on any atom is -0.496 e. The normalized spacial score (nSPS) is 17.3. The van der Waals surface area contributed by atoms with E-state index in [1.165, 1.54) is 34.4 Å². The number of likely N-dealkylation sites (N-methyl/N-ethyl adjacent to an activating group) is 1. The van der Waals surface area contributed by atoms with Gasteiger partial charge in [-0.05, 0) is 73.5 Å². The summed E-state index contributed by atoms with van der Waals surface area (Å²) in [6.45, 7) is 2.20. The third kappa shape index (κ3) is 7.14. The minimum atomic E-state index is -3.67. The van der Waals surface area contributed by atoms with Crippen LogP contribution in [0.5, 0.6) is 11.5 Å². The molecule has 0 fully saturated rings. The first-order chi connectivity index (χ1) is 14.7. The van der Waals surface area contributed by atoms with Crippen LogP contribution in [0.1, 0.15) is 35.4 Å². The van der Waals surface area contributed by atoms with E-state index in [1.807, 2.05) is 0 Å². The first kappa shape index (κ1) is 23.9. The van der Waals surface area contributed by atoms with Gasteiger partial charge in [-0.3, -0.25) is 4.55 Å². The number of fused-ring (bicyclic) bond motifs is 2. The highest BCUT2D eigenvalue weighted by molar-refractivity contribution is 7.99. The number of benzene rings is 2. The molecule has 6 nitrogen and oxygen atoms in total. The molecule has 0 saturated carbocycles. The van der Waals surface area contributed by atoms with E-state index >= 15 is 0 Å². The topological polar surface area (TPSA) is 76.1 Å². The maximum absolute atomic E-state index is 9.19. The van der Waals surface area contributed by atoms with Crippen molar-refractivity contribution in [2.75, 3.05) is 39.4 Å². The fourth-order valence-corrected chi connectivity index (χ4v) is 4.99. The van der Waals surface area contributed by atoms with Crippen LogP contribution in [0.2, 0.25) is 0 Å². The Morgan fingerprint density at radius 1 is 1.29 bits per heavy atom. The highest BCUT2D eigenvalue weighted by Gasteiger charge is 2.23. The fraction of sp³-hybridized carbons (Fsp3) is 0.478. The molecule has 2 aliphatic rings. The molecule has 0 spiro atoms. The zero-order valence-corrected chi connectivity index (χ0v) is 20.0. The SMILES string of the molecule is COc1cccc2c1CCCC2CN(C)CCc1ccc2c(c1)SCO2.CS(=O)(=O)O. The van der Waals surface area contributed by atoms with Crippen LogP contribution in [0.15, 0.2) is 41.3 Å². The molecule has 2 aromatic rings. The summed E-state index contributed by atoms with van der Waals surface area (Å²) >= 11 is 1.79. The summed E-state index contributed by atoms with van der Waals surface area (Å²) in [4.78, 5) is 3.77. The van der Waals surface area contributed by atoms with Gasteiger partial charge in [0.1, 0.15) is 17.4 Å². The maximum Gasteiger partial charge on any atom is 0.261 e. The van der Waals surface area contributed by atoms with Crippen molar-refractivity contribution >= 4 is 21.9 Å². The Balaban J connectivity index is 0.000000491. The van der Waals surface area contributed by atoms with Crippen LogP contribution in [0, 0.1) is 0 Å². The second-order valence-electron chi connectivity index (χ2n) is 8.05. The molecule has 1 N–H and O–H groups in total. The molecule has 8 heteroatoms. The number of ether oxygens (including phenoxy) is 2.